The Kier molecular flexibility index (Phi) is 4.59. The van der Waals surface area contributed by atoms with Gasteiger partial charge in [0.1, 0.15) is 5.75 Å². The summed E-state index contributed by atoms with van der Waals surface area (Å²) in [6.07, 6.45) is 5.00. The number of carboxylic acid groups (broad SMARTS) is 1. The minimum Gasteiger partial charge on any atom is -0.494 e. The second-order valence-electron chi connectivity index (χ2n) is 4.46. The minimum atomic E-state index is -0.921. The summed E-state index contributed by atoms with van der Waals surface area (Å²) in [5, 5.41) is 8.75. The lowest BCUT2D eigenvalue weighted by atomic mass is 9.96. The van der Waals surface area contributed by atoms with Gasteiger partial charge in [0.05, 0.1) is 24.9 Å². The van der Waals surface area contributed by atoms with Crippen LogP contribution in [0.2, 0.25) is 0 Å². The molecule has 1 N–H and O–H groups in total. The molecular formula is C14H18O4. The van der Waals surface area contributed by atoms with E-state index >= 15 is 0 Å². The molecule has 1 saturated carbocycles. The third-order valence-electron chi connectivity index (χ3n) is 3.06. The maximum atomic E-state index is 10.7. The maximum absolute atomic E-state index is 10.7. The van der Waals surface area contributed by atoms with Gasteiger partial charge in [-0.2, -0.15) is 0 Å². The number of ether oxygens (including phenoxy) is 2. The fraction of sp³-hybridized carbons (Fsp3) is 0.500. The molecule has 0 heterocycles. The Hall–Kier alpha value is -1.55. The molecule has 0 spiro atoms. The van der Waals surface area contributed by atoms with Crippen LogP contribution in [0.3, 0.4) is 0 Å². The minimum absolute atomic E-state index is 0.274. The molecule has 1 aliphatic carbocycles. The molecule has 0 amide bonds. The summed E-state index contributed by atoms with van der Waals surface area (Å²) in [5.41, 5.74) is 0.274. The molecule has 4 heteroatoms. The number of aromatic carboxylic acids is 1. The van der Waals surface area contributed by atoms with Crippen LogP contribution in [0.5, 0.6) is 5.75 Å². The van der Waals surface area contributed by atoms with Crippen LogP contribution in [-0.4, -0.2) is 30.4 Å². The molecule has 0 radical (unpaired) electrons. The van der Waals surface area contributed by atoms with E-state index in [2.05, 4.69) is 0 Å². The third-order valence-corrected chi connectivity index (χ3v) is 3.06. The molecule has 1 fully saturated rings. The number of rotatable bonds is 7. The average Bonchev–Trinajstić information content (AvgIpc) is 2.32. The number of benzene rings is 1. The van der Waals surface area contributed by atoms with E-state index in [0.29, 0.717) is 18.5 Å². The largest absolute Gasteiger partial charge is 0.494 e. The third kappa shape index (κ3) is 3.74. The van der Waals surface area contributed by atoms with E-state index in [9.17, 15) is 4.79 Å². The lowest BCUT2D eigenvalue weighted by molar-refractivity contribution is -0.00223. The predicted octanol–water partition coefficient (Wildman–Crippen LogP) is 2.72. The summed E-state index contributed by atoms with van der Waals surface area (Å²) in [5.74, 6) is -0.223. The van der Waals surface area contributed by atoms with E-state index in [0.717, 1.165) is 13.0 Å². The number of hydrogen-bond donors (Lipinski definition) is 1. The van der Waals surface area contributed by atoms with Crippen LogP contribution in [0, 0.1) is 0 Å². The van der Waals surface area contributed by atoms with Gasteiger partial charge in [0.15, 0.2) is 0 Å². The fourth-order valence-electron chi connectivity index (χ4n) is 1.73. The molecule has 1 aromatic rings. The zero-order valence-corrected chi connectivity index (χ0v) is 10.3. The van der Waals surface area contributed by atoms with Gasteiger partial charge in [-0.25, -0.2) is 4.79 Å². The van der Waals surface area contributed by atoms with Crippen molar-refractivity contribution in [2.75, 3.05) is 13.2 Å². The van der Waals surface area contributed by atoms with Crippen LogP contribution < -0.4 is 4.74 Å². The molecule has 2 rings (SSSR count). The van der Waals surface area contributed by atoms with Crippen molar-refractivity contribution in [2.24, 2.45) is 0 Å². The summed E-state index contributed by atoms with van der Waals surface area (Å²) in [4.78, 5) is 10.7. The van der Waals surface area contributed by atoms with Gasteiger partial charge in [-0.15, -0.1) is 0 Å². The number of carboxylic acids is 1. The van der Waals surface area contributed by atoms with E-state index < -0.39 is 5.97 Å². The highest BCUT2D eigenvalue weighted by molar-refractivity contribution is 5.87. The molecule has 0 saturated heterocycles. The SMILES string of the molecule is O=C(O)c1ccc(OCCCOC2CCC2)cc1. The van der Waals surface area contributed by atoms with Crippen LogP contribution in [0.15, 0.2) is 24.3 Å². The molecule has 0 aromatic heterocycles. The molecule has 0 atom stereocenters. The summed E-state index contributed by atoms with van der Waals surface area (Å²) >= 11 is 0. The zero-order valence-electron chi connectivity index (χ0n) is 10.3. The summed E-state index contributed by atoms with van der Waals surface area (Å²) in [6, 6.07) is 6.44. The van der Waals surface area contributed by atoms with Crippen LogP contribution in [0.4, 0.5) is 0 Å². The van der Waals surface area contributed by atoms with E-state index in [1.165, 1.54) is 19.3 Å². The van der Waals surface area contributed by atoms with Crippen molar-refractivity contribution in [1.29, 1.82) is 0 Å². The van der Waals surface area contributed by atoms with Gasteiger partial charge in [0, 0.05) is 6.42 Å². The standard InChI is InChI=1S/C14H18O4/c15-14(16)11-5-7-13(8-6-11)18-10-2-9-17-12-3-1-4-12/h5-8,12H,1-4,9-10H2,(H,15,16). The van der Waals surface area contributed by atoms with Crippen molar-refractivity contribution in [3.05, 3.63) is 29.8 Å². The normalized spacial score (nSPS) is 15.1. The fourth-order valence-corrected chi connectivity index (χ4v) is 1.73. The molecule has 0 aliphatic heterocycles. The topological polar surface area (TPSA) is 55.8 Å². The molecule has 98 valence electrons. The van der Waals surface area contributed by atoms with E-state index in [-0.39, 0.29) is 5.56 Å². The maximum Gasteiger partial charge on any atom is 0.335 e. The molecule has 1 aliphatic rings. The first-order valence-corrected chi connectivity index (χ1v) is 6.33. The number of hydrogen-bond acceptors (Lipinski definition) is 3. The van der Waals surface area contributed by atoms with E-state index in [1.54, 1.807) is 24.3 Å². The average molecular weight is 250 g/mol. The van der Waals surface area contributed by atoms with Crippen molar-refractivity contribution in [3.8, 4) is 5.75 Å². The van der Waals surface area contributed by atoms with E-state index in [1.807, 2.05) is 0 Å². The highest BCUT2D eigenvalue weighted by Crippen LogP contribution is 2.21. The van der Waals surface area contributed by atoms with Gasteiger partial charge >= 0.3 is 5.97 Å². The molecule has 0 unspecified atom stereocenters. The van der Waals surface area contributed by atoms with Crippen LogP contribution in [0.25, 0.3) is 0 Å². The zero-order chi connectivity index (χ0) is 12.8. The van der Waals surface area contributed by atoms with Crippen molar-refractivity contribution < 1.29 is 19.4 Å². The Balaban J connectivity index is 1.61. The summed E-state index contributed by atoms with van der Waals surface area (Å²) < 4.78 is 11.1. The first-order chi connectivity index (χ1) is 8.75. The first kappa shape index (κ1) is 12.9. The lowest BCUT2D eigenvalue weighted by Gasteiger charge is -2.25. The highest BCUT2D eigenvalue weighted by atomic mass is 16.5. The van der Waals surface area contributed by atoms with Crippen molar-refractivity contribution in [3.63, 3.8) is 0 Å². The van der Waals surface area contributed by atoms with Crippen LogP contribution in [0.1, 0.15) is 36.0 Å². The molecular weight excluding hydrogens is 232 g/mol. The Morgan fingerprint density at radius 1 is 1.22 bits per heavy atom. The first-order valence-electron chi connectivity index (χ1n) is 6.33. The predicted molar refractivity (Wildman–Crippen MR) is 67.1 cm³/mol. The molecule has 18 heavy (non-hydrogen) atoms. The van der Waals surface area contributed by atoms with Crippen molar-refractivity contribution >= 4 is 5.97 Å². The van der Waals surface area contributed by atoms with Crippen LogP contribution in [-0.2, 0) is 4.74 Å². The Labute approximate surface area is 107 Å². The van der Waals surface area contributed by atoms with Crippen LogP contribution >= 0.6 is 0 Å². The van der Waals surface area contributed by atoms with E-state index in [4.69, 9.17) is 14.6 Å². The summed E-state index contributed by atoms with van der Waals surface area (Å²) in [7, 11) is 0. The molecule has 1 aromatic carbocycles. The van der Waals surface area contributed by atoms with Gasteiger partial charge in [-0.3, -0.25) is 0 Å². The summed E-state index contributed by atoms with van der Waals surface area (Å²) in [6.45, 7) is 1.33. The number of carbonyl (C=O) groups is 1. The van der Waals surface area contributed by atoms with Gasteiger partial charge in [0.25, 0.3) is 0 Å². The Bertz CT molecular complexity index is 381. The lowest BCUT2D eigenvalue weighted by Crippen LogP contribution is -2.22. The smallest absolute Gasteiger partial charge is 0.335 e. The highest BCUT2D eigenvalue weighted by Gasteiger charge is 2.17. The Morgan fingerprint density at radius 2 is 1.94 bits per heavy atom. The molecule has 0 bridgehead atoms. The van der Waals surface area contributed by atoms with Crippen molar-refractivity contribution in [1.82, 2.24) is 0 Å². The van der Waals surface area contributed by atoms with Gasteiger partial charge in [-0.05, 0) is 43.5 Å². The second kappa shape index (κ2) is 6.40. The van der Waals surface area contributed by atoms with Gasteiger partial charge in [0.2, 0.25) is 0 Å². The van der Waals surface area contributed by atoms with Crippen molar-refractivity contribution in [2.45, 2.75) is 31.8 Å². The Morgan fingerprint density at radius 3 is 2.50 bits per heavy atom. The quantitative estimate of drug-likeness (QED) is 0.756. The monoisotopic (exact) mass is 250 g/mol. The molecule has 4 nitrogen and oxygen atoms in total. The second-order valence-corrected chi connectivity index (χ2v) is 4.46. The van der Waals surface area contributed by atoms with Gasteiger partial charge < -0.3 is 14.6 Å². The van der Waals surface area contributed by atoms with Gasteiger partial charge in [-0.1, -0.05) is 0 Å².